The molecule has 0 fully saturated rings. The Balaban J connectivity index is 1.93. The summed E-state index contributed by atoms with van der Waals surface area (Å²) in [5, 5.41) is 0.623. The highest BCUT2D eigenvalue weighted by molar-refractivity contribution is 7.98. The summed E-state index contributed by atoms with van der Waals surface area (Å²) in [5.74, 6) is -0.0964. The van der Waals surface area contributed by atoms with Gasteiger partial charge in [0.05, 0.1) is 5.69 Å². The number of fused-ring (bicyclic) bond motifs is 1. The minimum absolute atomic E-state index is 0.0258. The number of anilines is 1. The van der Waals surface area contributed by atoms with Crippen LogP contribution in [-0.2, 0) is 24.2 Å². The van der Waals surface area contributed by atoms with Crippen molar-refractivity contribution in [3.8, 4) is 0 Å². The van der Waals surface area contributed by atoms with Crippen LogP contribution in [0.1, 0.15) is 24.6 Å². The van der Waals surface area contributed by atoms with Gasteiger partial charge >= 0.3 is 0 Å². The van der Waals surface area contributed by atoms with Crippen molar-refractivity contribution in [2.24, 2.45) is 0 Å². The fraction of sp³-hybridized carbons (Fsp3) is 0.389. The summed E-state index contributed by atoms with van der Waals surface area (Å²) in [6, 6.07) is 9.53. The normalized spacial score (nSPS) is 12.9. The molecule has 0 spiro atoms. The molecule has 0 bridgehead atoms. The fourth-order valence-corrected chi connectivity index (χ4v) is 3.70. The summed E-state index contributed by atoms with van der Waals surface area (Å²) in [7, 11) is 0. The van der Waals surface area contributed by atoms with Gasteiger partial charge in [0, 0.05) is 17.8 Å². The van der Waals surface area contributed by atoms with Crippen LogP contribution in [-0.4, -0.2) is 28.3 Å². The third-order valence-corrected chi connectivity index (χ3v) is 4.99. The van der Waals surface area contributed by atoms with E-state index in [4.69, 9.17) is 0 Å². The molecule has 1 heterocycles. The number of hydrogen-bond acceptors (Lipinski definition) is 4. The molecule has 0 saturated heterocycles. The predicted octanol–water partition coefficient (Wildman–Crippen LogP) is 2.51. The number of hydrogen-bond donors (Lipinski definition) is 0. The number of carbonyl (C=O) groups excluding carboxylic acids is 1. The number of likely N-dealkylation sites (N-methyl/N-ethyl adjacent to an activating group) is 1. The van der Waals surface area contributed by atoms with Gasteiger partial charge in [-0.05, 0) is 44.6 Å². The number of benzene rings is 1. The van der Waals surface area contributed by atoms with Gasteiger partial charge in [-0.25, -0.2) is 4.98 Å². The third-order valence-electron chi connectivity index (χ3n) is 4.31. The highest BCUT2D eigenvalue weighted by Gasteiger charge is 2.23. The molecule has 5 nitrogen and oxygen atoms in total. The lowest BCUT2D eigenvalue weighted by Crippen LogP contribution is -2.38. The molecule has 1 amide bonds. The summed E-state index contributed by atoms with van der Waals surface area (Å²) in [5.41, 5.74) is 2.48. The van der Waals surface area contributed by atoms with E-state index < -0.39 is 0 Å². The zero-order chi connectivity index (χ0) is 17.1. The van der Waals surface area contributed by atoms with E-state index in [1.54, 1.807) is 4.90 Å². The molecule has 1 aliphatic carbocycles. The number of carbonyl (C=O) groups is 1. The molecule has 0 N–H and O–H groups in total. The maximum atomic E-state index is 12.8. The maximum Gasteiger partial charge on any atom is 0.258 e. The van der Waals surface area contributed by atoms with Crippen molar-refractivity contribution in [3.05, 3.63) is 51.9 Å². The number of aromatic nitrogens is 2. The van der Waals surface area contributed by atoms with E-state index >= 15 is 0 Å². The second kappa shape index (κ2) is 7.21. The van der Waals surface area contributed by atoms with Crippen molar-refractivity contribution in [3.63, 3.8) is 0 Å². The molecule has 1 aromatic heterocycles. The lowest BCUT2D eigenvalue weighted by atomic mass is 10.2. The van der Waals surface area contributed by atoms with E-state index in [0.717, 1.165) is 36.2 Å². The van der Waals surface area contributed by atoms with E-state index in [1.165, 1.54) is 16.3 Å². The molecule has 0 saturated carbocycles. The maximum absolute atomic E-state index is 12.8. The van der Waals surface area contributed by atoms with Crippen molar-refractivity contribution >= 4 is 23.4 Å². The largest absolute Gasteiger partial charge is 0.311 e. The van der Waals surface area contributed by atoms with Gasteiger partial charge in [-0.3, -0.25) is 14.2 Å². The zero-order valence-electron chi connectivity index (χ0n) is 14.0. The van der Waals surface area contributed by atoms with E-state index in [2.05, 4.69) is 4.98 Å². The van der Waals surface area contributed by atoms with Crippen LogP contribution in [0.3, 0.4) is 0 Å². The van der Waals surface area contributed by atoms with Crippen LogP contribution in [0.5, 0.6) is 0 Å². The molecule has 24 heavy (non-hydrogen) atoms. The first-order chi connectivity index (χ1) is 11.7. The Morgan fingerprint density at radius 2 is 2.04 bits per heavy atom. The number of aryl methyl sites for hydroxylation is 1. The van der Waals surface area contributed by atoms with Gasteiger partial charge in [0.1, 0.15) is 6.54 Å². The Morgan fingerprint density at radius 3 is 2.71 bits per heavy atom. The number of nitrogens with zero attached hydrogens (tertiary/aromatic N) is 3. The van der Waals surface area contributed by atoms with E-state index in [0.29, 0.717) is 11.7 Å². The summed E-state index contributed by atoms with van der Waals surface area (Å²) in [6.07, 6.45) is 4.48. The van der Waals surface area contributed by atoms with Gasteiger partial charge in [0.15, 0.2) is 5.16 Å². The molecule has 0 radical (unpaired) electrons. The molecule has 3 rings (SSSR count). The van der Waals surface area contributed by atoms with Crippen molar-refractivity contribution in [1.29, 1.82) is 0 Å². The number of amides is 1. The molecule has 126 valence electrons. The van der Waals surface area contributed by atoms with Crippen LogP contribution in [0.25, 0.3) is 0 Å². The topological polar surface area (TPSA) is 55.2 Å². The molecular weight excluding hydrogens is 322 g/mol. The fourth-order valence-electron chi connectivity index (χ4n) is 3.13. The Bertz CT molecular complexity index is 802. The molecule has 2 aromatic rings. The van der Waals surface area contributed by atoms with Crippen LogP contribution in [0.15, 0.2) is 40.3 Å². The molecule has 1 aromatic carbocycles. The molecule has 0 aliphatic heterocycles. The third kappa shape index (κ3) is 3.11. The summed E-state index contributed by atoms with van der Waals surface area (Å²) < 4.78 is 1.53. The average molecular weight is 343 g/mol. The number of para-hydroxylation sites is 1. The van der Waals surface area contributed by atoms with Gasteiger partial charge in [-0.15, -0.1) is 0 Å². The minimum atomic E-state index is -0.0964. The van der Waals surface area contributed by atoms with Crippen LogP contribution >= 0.6 is 11.8 Å². The quantitative estimate of drug-likeness (QED) is 0.618. The van der Waals surface area contributed by atoms with Crippen LogP contribution in [0.2, 0.25) is 0 Å². The second-order valence-corrected chi connectivity index (χ2v) is 6.52. The summed E-state index contributed by atoms with van der Waals surface area (Å²) >= 11 is 1.41. The standard InChI is InChI=1S/C18H21N3O2S/c1-3-20(13-8-5-4-6-9-13)16(22)12-21-17(23)14-10-7-11-15(14)19-18(21)24-2/h4-6,8-9H,3,7,10-12H2,1-2H3. The van der Waals surface area contributed by atoms with Crippen molar-refractivity contribution in [1.82, 2.24) is 9.55 Å². The number of thioether (sulfide) groups is 1. The van der Waals surface area contributed by atoms with Crippen LogP contribution in [0.4, 0.5) is 5.69 Å². The van der Waals surface area contributed by atoms with Crippen LogP contribution in [0, 0.1) is 0 Å². The van der Waals surface area contributed by atoms with Gasteiger partial charge in [-0.2, -0.15) is 0 Å². The summed E-state index contributed by atoms with van der Waals surface area (Å²) in [6.45, 7) is 2.52. The molecule has 0 atom stereocenters. The molecule has 6 heteroatoms. The van der Waals surface area contributed by atoms with Crippen molar-refractivity contribution < 1.29 is 4.79 Å². The highest BCUT2D eigenvalue weighted by atomic mass is 32.2. The van der Waals surface area contributed by atoms with E-state index in [1.807, 2.05) is 43.5 Å². The molecule has 0 unspecified atom stereocenters. The Labute approximate surface area is 145 Å². The summed E-state index contributed by atoms with van der Waals surface area (Å²) in [4.78, 5) is 31.9. The SMILES string of the molecule is CCN(C(=O)Cn1c(SC)nc2c(c1=O)CCC2)c1ccccc1. The Morgan fingerprint density at radius 1 is 1.29 bits per heavy atom. The lowest BCUT2D eigenvalue weighted by Gasteiger charge is -2.22. The minimum Gasteiger partial charge on any atom is -0.311 e. The molecule has 1 aliphatic rings. The first kappa shape index (κ1) is 16.8. The van der Waals surface area contributed by atoms with E-state index in [-0.39, 0.29) is 18.0 Å². The van der Waals surface area contributed by atoms with Gasteiger partial charge in [-0.1, -0.05) is 30.0 Å². The van der Waals surface area contributed by atoms with Gasteiger partial charge in [0.2, 0.25) is 5.91 Å². The van der Waals surface area contributed by atoms with E-state index in [9.17, 15) is 9.59 Å². The van der Waals surface area contributed by atoms with Gasteiger partial charge in [0.25, 0.3) is 5.56 Å². The first-order valence-corrected chi connectivity index (χ1v) is 9.40. The first-order valence-electron chi connectivity index (χ1n) is 8.17. The second-order valence-electron chi connectivity index (χ2n) is 5.74. The predicted molar refractivity (Wildman–Crippen MR) is 96.8 cm³/mol. The highest BCUT2D eigenvalue weighted by Crippen LogP contribution is 2.21. The monoisotopic (exact) mass is 343 g/mol. The smallest absolute Gasteiger partial charge is 0.258 e. The molecular formula is C18H21N3O2S. The Hall–Kier alpha value is -2.08. The Kier molecular flexibility index (Phi) is 5.04. The van der Waals surface area contributed by atoms with Crippen LogP contribution < -0.4 is 10.5 Å². The van der Waals surface area contributed by atoms with Gasteiger partial charge < -0.3 is 4.90 Å². The van der Waals surface area contributed by atoms with Crippen molar-refractivity contribution in [2.45, 2.75) is 37.9 Å². The zero-order valence-corrected chi connectivity index (χ0v) is 14.8. The average Bonchev–Trinajstić information content (AvgIpc) is 3.07. The number of rotatable bonds is 5. The lowest BCUT2D eigenvalue weighted by molar-refractivity contribution is -0.119. The van der Waals surface area contributed by atoms with Crippen molar-refractivity contribution in [2.75, 3.05) is 17.7 Å².